The van der Waals surface area contributed by atoms with Gasteiger partial charge in [-0.25, -0.2) is 4.39 Å². The zero-order valence-electron chi connectivity index (χ0n) is 10.8. The highest BCUT2D eigenvalue weighted by Crippen LogP contribution is 2.28. The lowest BCUT2D eigenvalue weighted by Crippen LogP contribution is -2.29. The summed E-state index contributed by atoms with van der Waals surface area (Å²) < 4.78 is 32.4. The van der Waals surface area contributed by atoms with Crippen LogP contribution in [0.4, 0.5) is 8.78 Å². The van der Waals surface area contributed by atoms with Gasteiger partial charge in [0.05, 0.1) is 0 Å². The van der Waals surface area contributed by atoms with Gasteiger partial charge in [-0.1, -0.05) is 29.8 Å². The first-order valence-corrected chi connectivity index (χ1v) is 6.48. The number of halogens is 3. The average Bonchev–Trinajstić information content (AvgIpc) is 2.41. The molecule has 106 valence electrons. The van der Waals surface area contributed by atoms with Crippen molar-refractivity contribution in [3.8, 4) is 5.75 Å². The van der Waals surface area contributed by atoms with Gasteiger partial charge in [-0.3, -0.25) is 0 Å². The lowest BCUT2D eigenvalue weighted by molar-refractivity contribution is 0.170. The lowest BCUT2D eigenvalue weighted by Gasteiger charge is -2.23. The molecule has 0 spiro atoms. The van der Waals surface area contributed by atoms with Gasteiger partial charge in [-0.05, 0) is 36.8 Å². The van der Waals surface area contributed by atoms with Crippen molar-refractivity contribution in [2.24, 2.45) is 5.73 Å². The second kappa shape index (κ2) is 6.20. The molecule has 0 aliphatic carbocycles. The molecule has 0 radical (unpaired) electrons. The first kappa shape index (κ1) is 14.8. The molecule has 2 nitrogen and oxygen atoms in total. The third-order valence-corrected chi connectivity index (χ3v) is 3.10. The van der Waals surface area contributed by atoms with Crippen LogP contribution in [0.2, 0.25) is 5.02 Å². The van der Waals surface area contributed by atoms with Gasteiger partial charge in [-0.2, -0.15) is 4.39 Å². The molecule has 2 atom stereocenters. The van der Waals surface area contributed by atoms with Crippen LogP contribution < -0.4 is 10.5 Å². The predicted octanol–water partition coefficient (Wildman–Crippen LogP) is 4.09. The van der Waals surface area contributed by atoms with E-state index in [9.17, 15) is 8.78 Å². The molecule has 20 heavy (non-hydrogen) atoms. The zero-order valence-corrected chi connectivity index (χ0v) is 11.6. The van der Waals surface area contributed by atoms with Crippen LogP contribution in [0.3, 0.4) is 0 Å². The van der Waals surface area contributed by atoms with Crippen molar-refractivity contribution in [1.29, 1.82) is 0 Å². The Balaban J connectivity index is 2.30. The molecule has 0 aliphatic heterocycles. The topological polar surface area (TPSA) is 35.2 Å². The summed E-state index contributed by atoms with van der Waals surface area (Å²) in [6.45, 7) is 1.73. The van der Waals surface area contributed by atoms with Crippen molar-refractivity contribution in [1.82, 2.24) is 0 Å². The van der Waals surface area contributed by atoms with Crippen LogP contribution in [0.1, 0.15) is 18.6 Å². The van der Waals surface area contributed by atoms with E-state index < -0.39 is 23.8 Å². The van der Waals surface area contributed by atoms with Gasteiger partial charge in [0.1, 0.15) is 6.10 Å². The van der Waals surface area contributed by atoms with Crippen LogP contribution in [0.15, 0.2) is 42.5 Å². The third-order valence-electron chi connectivity index (χ3n) is 2.85. The summed E-state index contributed by atoms with van der Waals surface area (Å²) in [5.41, 5.74) is 6.61. The minimum absolute atomic E-state index is 0.165. The molecule has 0 fully saturated rings. The Labute approximate surface area is 121 Å². The van der Waals surface area contributed by atoms with Crippen molar-refractivity contribution in [3.63, 3.8) is 0 Å². The maximum atomic E-state index is 13.6. The first-order valence-electron chi connectivity index (χ1n) is 6.10. The number of nitrogens with two attached hydrogens (primary N) is 1. The minimum atomic E-state index is -1.02. The highest BCUT2D eigenvalue weighted by atomic mass is 35.5. The fourth-order valence-corrected chi connectivity index (χ4v) is 1.97. The maximum Gasteiger partial charge on any atom is 0.200 e. The van der Waals surface area contributed by atoms with E-state index in [0.717, 1.165) is 11.6 Å². The van der Waals surface area contributed by atoms with E-state index in [1.807, 2.05) is 0 Å². The second-order valence-corrected chi connectivity index (χ2v) is 4.94. The number of ether oxygens (including phenoxy) is 1. The molecule has 5 heteroatoms. The van der Waals surface area contributed by atoms with E-state index >= 15 is 0 Å². The smallest absolute Gasteiger partial charge is 0.200 e. The van der Waals surface area contributed by atoms with Crippen LogP contribution in [0.5, 0.6) is 5.75 Å². The molecule has 2 aromatic carbocycles. The van der Waals surface area contributed by atoms with Gasteiger partial charge >= 0.3 is 0 Å². The minimum Gasteiger partial charge on any atom is -0.481 e. The van der Waals surface area contributed by atoms with Crippen molar-refractivity contribution in [2.45, 2.75) is 19.1 Å². The molecule has 0 aliphatic rings. The second-order valence-electron chi connectivity index (χ2n) is 4.50. The molecular formula is C15H14ClF2NO. The molecule has 0 amide bonds. The summed E-state index contributed by atoms with van der Waals surface area (Å²) >= 11 is 5.82. The highest BCUT2D eigenvalue weighted by Gasteiger charge is 2.20. The van der Waals surface area contributed by atoms with Crippen LogP contribution in [0, 0.1) is 11.6 Å². The molecule has 2 unspecified atom stereocenters. The summed E-state index contributed by atoms with van der Waals surface area (Å²) in [6, 6.07) is 10.2. The molecule has 0 saturated heterocycles. The fraction of sp³-hybridized carbons (Fsp3) is 0.200. The first-order chi connectivity index (χ1) is 9.49. The zero-order chi connectivity index (χ0) is 14.7. The van der Waals surface area contributed by atoms with Crippen molar-refractivity contribution >= 4 is 11.6 Å². The largest absolute Gasteiger partial charge is 0.481 e. The van der Waals surface area contributed by atoms with Gasteiger partial charge in [0.2, 0.25) is 5.82 Å². The van der Waals surface area contributed by atoms with Crippen molar-refractivity contribution in [3.05, 3.63) is 64.7 Å². The summed E-state index contributed by atoms with van der Waals surface area (Å²) in [4.78, 5) is 0. The molecule has 2 N–H and O–H groups in total. The molecular weight excluding hydrogens is 284 g/mol. The molecule has 2 aromatic rings. The Morgan fingerprint density at radius 2 is 1.75 bits per heavy atom. The lowest BCUT2D eigenvalue weighted by atomic mass is 10.0. The van der Waals surface area contributed by atoms with Gasteiger partial charge in [-0.15, -0.1) is 0 Å². The summed E-state index contributed by atoms with van der Waals surface area (Å²) in [5, 5.41) is 0.578. The van der Waals surface area contributed by atoms with Crippen LogP contribution in [-0.2, 0) is 0 Å². The number of hydrogen-bond acceptors (Lipinski definition) is 2. The van der Waals surface area contributed by atoms with Gasteiger partial charge in [0.25, 0.3) is 0 Å². The Hall–Kier alpha value is -1.65. The normalized spacial score (nSPS) is 13.8. The Bertz CT molecular complexity index is 587. The SMILES string of the molecule is CC(N)C(Oc1cccc(F)c1F)c1ccc(Cl)cc1. The number of benzene rings is 2. The highest BCUT2D eigenvalue weighted by molar-refractivity contribution is 6.30. The summed E-state index contributed by atoms with van der Waals surface area (Å²) in [7, 11) is 0. The Morgan fingerprint density at radius 1 is 1.10 bits per heavy atom. The van der Waals surface area contributed by atoms with E-state index in [1.54, 1.807) is 31.2 Å². The van der Waals surface area contributed by atoms with E-state index in [0.29, 0.717) is 5.02 Å². The predicted molar refractivity (Wildman–Crippen MR) is 74.8 cm³/mol. The average molecular weight is 298 g/mol. The Kier molecular flexibility index (Phi) is 4.57. The fourth-order valence-electron chi connectivity index (χ4n) is 1.84. The van der Waals surface area contributed by atoms with Crippen molar-refractivity contribution in [2.75, 3.05) is 0 Å². The standard InChI is InChI=1S/C15H14ClF2NO/c1-9(19)15(10-5-7-11(16)8-6-10)20-13-4-2-3-12(17)14(13)18/h2-9,15H,19H2,1H3. The van der Waals surface area contributed by atoms with E-state index in [1.165, 1.54) is 12.1 Å². The molecule has 0 aromatic heterocycles. The van der Waals surface area contributed by atoms with Crippen molar-refractivity contribution < 1.29 is 13.5 Å². The number of hydrogen-bond donors (Lipinski definition) is 1. The molecule has 0 saturated carbocycles. The third kappa shape index (κ3) is 3.26. The molecule has 0 bridgehead atoms. The van der Waals surface area contributed by atoms with E-state index in [2.05, 4.69) is 0 Å². The van der Waals surface area contributed by atoms with E-state index in [-0.39, 0.29) is 5.75 Å². The Morgan fingerprint density at radius 3 is 2.35 bits per heavy atom. The number of rotatable bonds is 4. The van der Waals surface area contributed by atoms with Gasteiger partial charge in [0, 0.05) is 11.1 Å². The molecule has 2 rings (SSSR count). The quantitative estimate of drug-likeness (QED) is 0.922. The van der Waals surface area contributed by atoms with Gasteiger partial charge < -0.3 is 10.5 Å². The van der Waals surface area contributed by atoms with Crippen LogP contribution in [-0.4, -0.2) is 6.04 Å². The van der Waals surface area contributed by atoms with Gasteiger partial charge in [0.15, 0.2) is 11.6 Å². The van der Waals surface area contributed by atoms with Crippen LogP contribution in [0.25, 0.3) is 0 Å². The maximum absolute atomic E-state index is 13.6. The molecule has 0 heterocycles. The summed E-state index contributed by atoms with van der Waals surface area (Å²) in [6.07, 6.45) is -0.594. The van der Waals surface area contributed by atoms with Crippen LogP contribution >= 0.6 is 11.6 Å². The van der Waals surface area contributed by atoms with E-state index in [4.69, 9.17) is 22.1 Å². The summed E-state index contributed by atoms with van der Waals surface area (Å²) in [5.74, 6) is -2.14. The monoisotopic (exact) mass is 297 g/mol.